The molecule has 0 aromatic heterocycles. The van der Waals surface area contributed by atoms with E-state index in [4.69, 9.17) is 5.26 Å². The standard InChI is InChI=1S/C11H8BrN/c12-11-4-3-9-5-8(7-13)1-2-10(9)6-11/h3-6H,1-2H2. The van der Waals surface area contributed by atoms with Crippen LogP contribution >= 0.6 is 15.9 Å². The molecule has 64 valence electrons. The van der Waals surface area contributed by atoms with Crippen molar-refractivity contribution in [1.29, 1.82) is 5.26 Å². The van der Waals surface area contributed by atoms with Crippen LogP contribution in [0.4, 0.5) is 0 Å². The highest BCUT2D eigenvalue weighted by molar-refractivity contribution is 9.10. The first-order valence-corrected chi connectivity index (χ1v) is 4.98. The Hall–Kier alpha value is -1.07. The van der Waals surface area contributed by atoms with E-state index in [0.717, 1.165) is 22.9 Å². The molecule has 1 aromatic rings. The first-order valence-electron chi connectivity index (χ1n) is 4.19. The number of halogens is 1. The number of allylic oxidation sites excluding steroid dienone is 1. The second kappa shape index (κ2) is 3.35. The van der Waals surface area contributed by atoms with E-state index in [9.17, 15) is 0 Å². The minimum Gasteiger partial charge on any atom is -0.193 e. The number of aryl methyl sites for hydroxylation is 1. The Morgan fingerprint density at radius 3 is 2.92 bits per heavy atom. The third-order valence-corrected chi connectivity index (χ3v) is 2.74. The van der Waals surface area contributed by atoms with Crippen LogP contribution in [0.2, 0.25) is 0 Å². The quantitative estimate of drug-likeness (QED) is 0.675. The van der Waals surface area contributed by atoms with Gasteiger partial charge in [-0.1, -0.05) is 22.0 Å². The summed E-state index contributed by atoms with van der Waals surface area (Å²) >= 11 is 3.44. The summed E-state index contributed by atoms with van der Waals surface area (Å²) in [5, 5.41) is 8.74. The van der Waals surface area contributed by atoms with Crippen LogP contribution in [0.25, 0.3) is 6.08 Å². The molecule has 0 radical (unpaired) electrons. The van der Waals surface area contributed by atoms with Gasteiger partial charge in [0.2, 0.25) is 0 Å². The molecule has 13 heavy (non-hydrogen) atoms. The molecule has 0 saturated carbocycles. The van der Waals surface area contributed by atoms with Gasteiger partial charge in [0.25, 0.3) is 0 Å². The number of fused-ring (bicyclic) bond motifs is 1. The average molecular weight is 234 g/mol. The number of rotatable bonds is 0. The van der Waals surface area contributed by atoms with Gasteiger partial charge >= 0.3 is 0 Å². The van der Waals surface area contributed by atoms with Crippen LogP contribution in [0.1, 0.15) is 17.5 Å². The van der Waals surface area contributed by atoms with Gasteiger partial charge in [0.1, 0.15) is 0 Å². The second-order valence-corrected chi connectivity index (χ2v) is 4.04. The molecule has 0 amide bonds. The molecule has 0 bridgehead atoms. The molecule has 0 aliphatic heterocycles. The Bertz CT molecular complexity index is 413. The monoisotopic (exact) mass is 233 g/mol. The van der Waals surface area contributed by atoms with Gasteiger partial charge < -0.3 is 0 Å². The van der Waals surface area contributed by atoms with Crippen molar-refractivity contribution in [2.75, 3.05) is 0 Å². The SMILES string of the molecule is N#CC1=Cc2ccc(Br)cc2CC1. The lowest BCUT2D eigenvalue weighted by molar-refractivity contribution is 0.952. The lowest BCUT2D eigenvalue weighted by Crippen LogP contribution is -1.97. The Morgan fingerprint density at radius 2 is 2.15 bits per heavy atom. The van der Waals surface area contributed by atoms with Crippen LogP contribution in [-0.4, -0.2) is 0 Å². The lowest BCUT2D eigenvalue weighted by atomic mass is 9.93. The van der Waals surface area contributed by atoms with Gasteiger partial charge in [-0.25, -0.2) is 0 Å². The molecule has 0 unspecified atom stereocenters. The van der Waals surface area contributed by atoms with E-state index in [0.29, 0.717) is 0 Å². The van der Waals surface area contributed by atoms with Gasteiger partial charge in [0, 0.05) is 10.0 Å². The molecule has 0 fully saturated rings. The number of nitriles is 1. The highest BCUT2D eigenvalue weighted by Crippen LogP contribution is 2.26. The van der Waals surface area contributed by atoms with Crippen molar-refractivity contribution in [2.24, 2.45) is 0 Å². The Kier molecular flexibility index (Phi) is 2.20. The summed E-state index contributed by atoms with van der Waals surface area (Å²) in [6.07, 6.45) is 3.83. The van der Waals surface area contributed by atoms with E-state index >= 15 is 0 Å². The van der Waals surface area contributed by atoms with Gasteiger partial charge in [-0.2, -0.15) is 5.26 Å². The number of nitrogens with zero attached hydrogens (tertiary/aromatic N) is 1. The molecule has 0 heterocycles. The molecule has 1 aliphatic carbocycles. The summed E-state index contributed by atoms with van der Waals surface area (Å²) in [5.74, 6) is 0. The smallest absolute Gasteiger partial charge is 0.0947 e. The molecule has 0 atom stereocenters. The van der Waals surface area contributed by atoms with Crippen molar-refractivity contribution in [2.45, 2.75) is 12.8 Å². The predicted molar refractivity (Wildman–Crippen MR) is 56.1 cm³/mol. The summed E-state index contributed by atoms with van der Waals surface area (Å²) in [5.41, 5.74) is 3.40. The van der Waals surface area contributed by atoms with Gasteiger partial charge in [0.05, 0.1) is 6.07 Å². The van der Waals surface area contributed by atoms with Crippen molar-refractivity contribution < 1.29 is 0 Å². The van der Waals surface area contributed by atoms with Crippen LogP contribution in [0, 0.1) is 11.3 Å². The normalized spacial score (nSPS) is 14.3. The fourth-order valence-electron chi connectivity index (χ4n) is 1.55. The van der Waals surface area contributed by atoms with Crippen LogP contribution < -0.4 is 0 Å². The van der Waals surface area contributed by atoms with Gasteiger partial charge in [-0.05, 0) is 42.2 Å². The lowest BCUT2D eigenvalue weighted by Gasteiger charge is -2.12. The zero-order valence-electron chi connectivity index (χ0n) is 7.05. The maximum absolute atomic E-state index is 8.74. The van der Waals surface area contributed by atoms with Crippen molar-refractivity contribution in [3.8, 4) is 6.07 Å². The van der Waals surface area contributed by atoms with E-state index in [-0.39, 0.29) is 0 Å². The minimum absolute atomic E-state index is 0.875. The molecule has 2 heteroatoms. The molecule has 1 aliphatic rings. The topological polar surface area (TPSA) is 23.8 Å². The third kappa shape index (κ3) is 1.66. The summed E-state index contributed by atoms with van der Waals surface area (Å²) in [7, 11) is 0. The second-order valence-electron chi connectivity index (χ2n) is 3.12. The average Bonchev–Trinajstić information content (AvgIpc) is 2.17. The first-order chi connectivity index (χ1) is 6.29. The van der Waals surface area contributed by atoms with E-state index in [1.807, 2.05) is 12.1 Å². The first kappa shape index (κ1) is 8.52. The molecule has 0 N–H and O–H groups in total. The largest absolute Gasteiger partial charge is 0.193 e. The molecule has 2 rings (SSSR count). The number of hydrogen-bond donors (Lipinski definition) is 0. The summed E-state index contributed by atoms with van der Waals surface area (Å²) in [6.45, 7) is 0. The zero-order chi connectivity index (χ0) is 9.26. The molecule has 1 nitrogen and oxygen atoms in total. The predicted octanol–water partition coefficient (Wildman–Crippen LogP) is 3.30. The molecular weight excluding hydrogens is 226 g/mol. The Labute approximate surface area is 85.8 Å². The van der Waals surface area contributed by atoms with Crippen LogP contribution in [-0.2, 0) is 6.42 Å². The van der Waals surface area contributed by atoms with E-state index < -0.39 is 0 Å². The summed E-state index contributed by atoms with van der Waals surface area (Å²) in [4.78, 5) is 0. The highest BCUT2D eigenvalue weighted by atomic mass is 79.9. The molecule has 0 saturated heterocycles. The number of hydrogen-bond acceptors (Lipinski definition) is 1. The van der Waals surface area contributed by atoms with Crippen LogP contribution in [0.5, 0.6) is 0 Å². The number of benzene rings is 1. The molecule has 0 spiro atoms. The van der Waals surface area contributed by atoms with Crippen molar-refractivity contribution in [1.82, 2.24) is 0 Å². The van der Waals surface area contributed by atoms with Gasteiger partial charge in [-0.15, -0.1) is 0 Å². The van der Waals surface area contributed by atoms with Crippen LogP contribution in [0.15, 0.2) is 28.2 Å². The summed E-state index contributed by atoms with van der Waals surface area (Å²) < 4.78 is 1.11. The van der Waals surface area contributed by atoms with Gasteiger partial charge in [-0.3, -0.25) is 0 Å². The van der Waals surface area contributed by atoms with E-state index in [1.165, 1.54) is 11.1 Å². The fraction of sp³-hybridized carbons (Fsp3) is 0.182. The fourth-order valence-corrected chi connectivity index (χ4v) is 1.96. The van der Waals surface area contributed by atoms with Crippen molar-refractivity contribution >= 4 is 22.0 Å². The zero-order valence-corrected chi connectivity index (χ0v) is 8.63. The third-order valence-electron chi connectivity index (χ3n) is 2.24. The maximum atomic E-state index is 8.74. The Morgan fingerprint density at radius 1 is 1.31 bits per heavy atom. The highest BCUT2D eigenvalue weighted by Gasteiger charge is 2.09. The maximum Gasteiger partial charge on any atom is 0.0947 e. The van der Waals surface area contributed by atoms with E-state index in [2.05, 4.69) is 34.1 Å². The van der Waals surface area contributed by atoms with Crippen LogP contribution in [0.3, 0.4) is 0 Å². The Balaban J connectivity index is 2.50. The summed E-state index contributed by atoms with van der Waals surface area (Å²) in [6, 6.07) is 8.39. The molecular formula is C11H8BrN. The van der Waals surface area contributed by atoms with Crippen molar-refractivity contribution in [3.63, 3.8) is 0 Å². The molecule has 1 aromatic carbocycles. The van der Waals surface area contributed by atoms with Gasteiger partial charge in [0.15, 0.2) is 0 Å². The van der Waals surface area contributed by atoms with E-state index in [1.54, 1.807) is 0 Å². The minimum atomic E-state index is 0.875. The van der Waals surface area contributed by atoms with Crippen molar-refractivity contribution in [3.05, 3.63) is 39.4 Å².